The predicted octanol–water partition coefficient (Wildman–Crippen LogP) is 1.26. The summed E-state index contributed by atoms with van der Waals surface area (Å²) in [7, 11) is 0. The first kappa shape index (κ1) is 8.68. The van der Waals surface area contributed by atoms with Gasteiger partial charge in [-0.05, 0) is 11.6 Å². The molecule has 0 aromatic heterocycles. The highest BCUT2D eigenvalue weighted by molar-refractivity contribution is 5.94. The second kappa shape index (κ2) is 4.46. The summed E-state index contributed by atoms with van der Waals surface area (Å²) in [5.74, 6) is -0.279. The number of hydrogen-bond acceptors (Lipinski definition) is 2. The van der Waals surface area contributed by atoms with Crippen LogP contribution in [-0.4, -0.2) is 17.5 Å². The monoisotopic (exact) mass is 162 g/mol. The molecule has 0 amide bonds. The number of rotatable bonds is 3. The van der Waals surface area contributed by atoms with Crippen LogP contribution in [0.3, 0.4) is 0 Å². The fraction of sp³-hybridized carbons (Fsp3) is 0.100. The molecule has 0 saturated heterocycles. The van der Waals surface area contributed by atoms with Gasteiger partial charge < -0.3 is 5.11 Å². The number of aliphatic hydroxyl groups excluding tert-OH is 1. The van der Waals surface area contributed by atoms with E-state index in [4.69, 9.17) is 5.11 Å². The van der Waals surface area contributed by atoms with Crippen LogP contribution in [0.5, 0.6) is 0 Å². The third-order valence-electron chi connectivity index (χ3n) is 1.42. The molecule has 0 saturated carbocycles. The van der Waals surface area contributed by atoms with Gasteiger partial charge >= 0.3 is 0 Å². The molecule has 0 radical (unpaired) electrons. The Morgan fingerprint density at radius 2 is 2.00 bits per heavy atom. The van der Waals surface area contributed by atoms with Gasteiger partial charge in [-0.3, -0.25) is 4.79 Å². The van der Waals surface area contributed by atoms with E-state index in [1.54, 1.807) is 6.08 Å². The number of aliphatic hydroxyl groups is 1. The van der Waals surface area contributed by atoms with E-state index in [0.717, 1.165) is 5.56 Å². The standard InChI is InChI=1S/C10H10O2/c11-8-10(12)7-6-9-4-2-1-3-5-9/h1-7,11H,8H2/b7-6+. The minimum absolute atomic E-state index is 0.279. The third-order valence-corrected chi connectivity index (χ3v) is 1.42. The molecule has 1 N–H and O–H groups in total. The SMILES string of the molecule is O=C(/C=C/c1ccccc1)CO. The first-order chi connectivity index (χ1) is 5.83. The first-order valence-corrected chi connectivity index (χ1v) is 3.70. The van der Waals surface area contributed by atoms with Gasteiger partial charge in [0.25, 0.3) is 0 Å². The smallest absolute Gasteiger partial charge is 0.181 e. The van der Waals surface area contributed by atoms with Gasteiger partial charge in [-0.15, -0.1) is 0 Å². The molecule has 0 aliphatic heterocycles. The molecule has 62 valence electrons. The zero-order valence-electron chi connectivity index (χ0n) is 6.60. The van der Waals surface area contributed by atoms with Crippen molar-refractivity contribution in [1.82, 2.24) is 0 Å². The van der Waals surface area contributed by atoms with Crippen molar-refractivity contribution in [2.45, 2.75) is 0 Å². The van der Waals surface area contributed by atoms with E-state index >= 15 is 0 Å². The van der Waals surface area contributed by atoms with Crippen LogP contribution >= 0.6 is 0 Å². The van der Waals surface area contributed by atoms with Crippen LogP contribution in [0.2, 0.25) is 0 Å². The molecule has 0 fully saturated rings. The fourth-order valence-electron chi connectivity index (χ4n) is 0.806. The van der Waals surface area contributed by atoms with Crippen molar-refractivity contribution in [2.24, 2.45) is 0 Å². The predicted molar refractivity (Wildman–Crippen MR) is 47.6 cm³/mol. The van der Waals surface area contributed by atoms with Crippen molar-refractivity contribution in [3.8, 4) is 0 Å². The Morgan fingerprint density at radius 1 is 1.33 bits per heavy atom. The van der Waals surface area contributed by atoms with Crippen LogP contribution in [-0.2, 0) is 4.79 Å². The number of hydrogen-bond donors (Lipinski definition) is 1. The lowest BCUT2D eigenvalue weighted by molar-refractivity contribution is -0.117. The van der Waals surface area contributed by atoms with Gasteiger partial charge in [-0.1, -0.05) is 36.4 Å². The maximum Gasteiger partial charge on any atom is 0.181 e. The molecule has 1 aromatic carbocycles. The Balaban J connectivity index is 2.64. The molecule has 0 unspecified atom stereocenters. The molecule has 0 atom stereocenters. The summed E-state index contributed by atoms with van der Waals surface area (Å²) in [6, 6.07) is 9.47. The van der Waals surface area contributed by atoms with Crippen molar-refractivity contribution in [2.75, 3.05) is 6.61 Å². The van der Waals surface area contributed by atoms with Crippen LogP contribution in [0.25, 0.3) is 6.08 Å². The number of benzene rings is 1. The second-order valence-electron chi connectivity index (χ2n) is 2.37. The molecule has 0 heterocycles. The van der Waals surface area contributed by atoms with Crippen LogP contribution in [0.1, 0.15) is 5.56 Å². The lowest BCUT2D eigenvalue weighted by Crippen LogP contribution is -1.97. The van der Waals surface area contributed by atoms with Crippen LogP contribution in [0.4, 0.5) is 0 Å². The van der Waals surface area contributed by atoms with Crippen LogP contribution < -0.4 is 0 Å². The zero-order chi connectivity index (χ0) is 8.81. The summed E-state index contributed by atoms with van der Waals surface area (Å²) in [4.78, 5) is 10.6. The van der Waals surface area contributed by atoms with Crippen molar-refractivity contribution >= 4 is 11.9 Å². The van der Waals surface area contributed by atoms with Crippen molar-refractivity contribution < 1.29 is 9.90 Å². The average Bonchev–Trinajstić information content (AvgIpc) is 2.16. The number of carbonyl (C=O) groups is 1. The minimum atomic E-state index is -0.427. The highest BCUT2D eigenvalue weighted by atomic mass is 16.3. The summed E-state index contributed by atoms with van der Waals surface area (Å²) >= 11 is 0. The molecule has 1 aromatic rings. The molecular formula is C10H10O2. The molecule has 1 rings (SSSR count). The lowest BCUT2D eigenvalue weighted by atomic mass is 10.2. The number of carbonyl (C=O) groups excluding carboxylic acids is 1. The van der Waals surface area contributed by atoms with Crippen molar-refractivity contribution in [3.63, 3.8) is 0 Å². The molecule has 0 aliphatic rings. The van der Waals surface area contributed by atoms with E-state index in [2.05, 4.69) is 0 Å². The van der Waals surface area contributed by atoms with E-state index < -0.39 is 6.61 Å². The van der Waals surface area contributed by atoms with Gasteiger partial charge in [0.15, 0.2) is 5.78 Å². The van der Waals surface area contributed by atoms with Gasteiger partial charge in [0.05, 0.1) is 0 Å². The quantitative estimate of drug-likeness (QED) is 0.679. The maximum absolute atomic E-state index is 10.6. The molecular weight excluding hydrogens is 152 g/mol. The van der Waals surface area contributed by atoms with Crippen molar-refractivity contribution in [3.05, 3.63) is 42.0 Å². The Morgan fingerprint density at radius 3 is 2.58 bits per heavy atom. The van der Waals surface area contributed by atoms with E-state index in [1.807, 2.05) is 30.3 Å². The highest BCUT2D eigenvalue weighted by Gasteiger charge is 1.90. The Labute approximate surface area is 71.2 Å². The van der Waals surface area contributed by atoms with E-state index in [-0.39, 0.29) is 5.78 Å². The summed E-state index contributed by atoms with van der Waals surface area (Å²) < 4.78 is 0. The summed E-state index contributed by atoms with van der Waals surface area (Å²) in [5.41, 5.74) is 0.958. The van der Waals surface area contributed by atoms with Gasteiger partial charge in [0.2, 0.25) is 0 Å². The lowest BCUT2D eigenvalue weighted by Gasteiger charge is -1.89. The zero-order valence-corrected chi connectivity index (χ0v) is 6.60. The van der Waals surface area contributed by atoms with Gasteiger partial charge in [0, 0.05) is 0 Å². The molecule has 0 aliphatic carbocycles. The number of ketones is 1. The highest BCUT2D eigenvalue weighted by Crippen LogP contribution is 2.00. The molecule has 2 nitrogen and oxygen atoms in total. The Kier molecular flexibility index (Phi) is 3.23. The topological polar surface area (TPSA) is 37.3 Å². The van der Waals surface area contributed by atoms with E-state index in [0.29, 0.717) is 0 Å². The molecule has 12 heavy (non-hydrogen) atoms. The normalized spacial score (nSPS) is 10.4. The summed E-state index contributed by atoms with van der Waals surface area (Å²) in [6.45, 7) is -0.427. The third kappa shape index (κ3) is 2.68. The van der Waals surface area contributed by atoms with Gasteiger partial charge in [0.1, 0.15) is 6.61 Å². The molecule has 0 spiro atoms. The van der Waals surface area contributed by atoms with E-state index in [1.165, 1.54) is 6.08 Å². The Hall–Kier alpha value is -1.41. The summed E-state index contributed by atoms with van der Waals surface area (Å²) in [5, 5.41) is 8.41. The van der Waals surface area contributed by atoms with Gasteiger partial charge in [-0.25, -0.2) is 0 Å². The maximum atomic E-state index is 10.6. The van der Waals surface area contributed by atoms with Crippen LogP contribution in [0.15, 0.2) is 36.4 Å². The molecule has 0 bridgehead atoms. The second-order valence-corrected chi connectivity index (χ2v) is 2.37. The summed E-state index contributed by atoms with van der Waals surface area (Å²) in [6.07, 6.45) is 3.05. The fourth-order valence-corrected chi connectivity index (χ4v) is 0.806. The van der Waals surface area contributed by atoms with E-state index in [9.17, 15) is 4.79 Å². The van der Waals surface area contributed by atoms with Crippen LogP contribution in [0, 0.1) is 0 Å². The first-order valence-electron chi connectivity index (χ1n) is 3.70. The van der Waals surface area contributed by atoms with Gasteiger partial charge in [-0.2, -0.15) is 0 Å². The largest absolute Gasteiger partial charge is 0.388 e. The average molecular weight is 162 g/mol. The minimum Gasteiger partial charge on any atom is -0.388 e. The van der Waals surface area contributed by atoms with Crippen molar-refractivity contribution in [1.29, 1.82) is 0 Å². The Bertz CT molecular complexity index is 275. The molecule has 2 heteroatoms.